The second-order valence-corrected chi connectivity index (χ2v) is 7.00. The summed E-state index contributed by atoms with van der Waals surface area (Å²) in [5, 5.41) is 5.97. The number of hydrogen-bond acceptors (Lipinski definition) is 2. The van der Waals surface area contributed by atoms with Crippen LogP contribution in [0.15, 0.2) is 24.3 Å². The van der Waals surface area contributed by atoms with Crippen LogP contribution in [0.3, 0.4) is 0 Å². The summed E-state index contributed by atoms with van der Waals surface area (Å²) in [5.41, 5.74) is 2.32. The maximum atomic E-state index is 12.4. The molecule has 0 bridgehead atoms. The smallest absolute Gasteiger partial charge is 0.317 e. The fourth-order valence-corrected chi connectivity index (χ4v) is 2.86. The number of carbonyl (C=O) groups is 2. The van der Waals surface area contributed by atoms with Crippen LogP contribution in [-0.2, 0) is 11.3 Å². The lowest BCUT2D eigenvalue weighted by molar-refractivity contribution is -0.124. The number of nitrogens with one attached hydrogen (secondary N) is 2. The molecule has 1 atom stereocenters. The average Bonchev–Trinajstić information content (AvgIpc) is 2.59. The number of likely N-dealkylation sites (tertiary alicyclic amines) is 1. The molecule has 1 saturated heterocycles. The first kappa shape index (κ1) is 18.3. The van der Waals surface area contributed by atoms with Crippen molar-refractivity contribution in [3.8, 4) is 0 Å². The van der Waals surface area contributed by atoms with E-state index in [1.54, 1.807) is 0 Å². The van der Waals surface area contributed by atoms with Gasteiger partial charge in [-0.3, -0.25) is 4.79 Å². The van der Waals surface area contributed by atoms with Gasteiger partial charge in [0, 0.05) is 32.1 Å². The summed E-state index contributed by atoms with van der Waals surface area (Å²) in [6, 6.07) is 8.16. The lowest BCUT2D eigenvalue weighted by Crippen LogP contribution is -2.47. The normalized spacial score (nSPS) is 17.7. The highest BCUT2D eigenvalue weighted by Crippen LogP contribution is 2.16. The highest BCUT2D eigenvalue weighted by molar-refractivity contribution is 5.77. The number of benzene rings is 1. The van der Waals surface area contributed by atoms with E-state index in [1.165, 1.54) is 5.56 Å². The summed E-state index contributed by atoms with van der Waals surface area (Å²) in [6.07, 6.45) is 2.04. The molecule has 0 radical (unpaired) electrons. The van der Waals surface area contributed by atoms with Crippen LogP contribution in [0, 0.1) is 18.8 Å². The topological polar surface area (TPSA) is 61.4 Å². The van der Waals surface area contributed by atoms with Gasteiger partial charge in [0.25, 0.3) is 0 Å². The van der Waals surface area contributed by atoms with Gasteiger partial charge in [-0.05, 0) is 31.2 Å². The molecular weight excluding hydrogens is 302 g/mol. The van der Waals surface area contributed by atoms with Crippen LogP contribution in [0.2, 0.25) is 0 Å². The van der Waals surface area contributed by atoms with E-state index in [0.29, 0.717) is 25.6 Å². The second kappa shape index (κ2) is 8.71. The van der Waals surface area contributed by atoms with Gasteiger partial charge in [0.15, 0.2) is 0 Å². The lowest BCUT2D eigenvalue weighted by atomic mass is 9.98. The quantitative estimate of drug-likeness (QED) is 0.871. The molecule has 0 unspecified atom stereocenters. The Bertz CT molecular complexity index is 554. The number of hydrogen-bond donors (Lipinski definition) is 2. The molecule has 0 aromatic heterocycles. The van der Waals surface area contributed by atoms with Crippen molar-refractivity contribution in [1.29, 1.82) is 0 Å². The molecule has 0 saturated carbocycles. The van der Waals surface area contributed by atoms with E-state index in [1.807, 2.05) is 37.8 Å². The molecule has 1 fully saturated rings. The van der Waals surface area contributed by atoms with Gasteiger partial charge in [-0.25, -0.2) is 4.79 Å². The number of amides is 3. The predicted molar refractivity (Wildman–Crippen MR) is 95.6 cm³/mol. The third kappa shape index (κ3) is 5.55. The minimum Gasteiger partial charge on any atom is -0.356 e. The Kier molecular flexibility index (Phi) is 6.64. The molecule has 0 aliphatic carbocycles. The number of urea groups is 1. The molecule has 5 nitrogen and oxygen atoms in total. The Morgan fingerprint density at radius 3 is 2.58 bits per heavy atom. The molecule has 3 amide bonds. The fourth-order valence-electron chi connectivity index (χ4n) is 2.86. The number of piperidine rings is 1. The van der Waals surface area contributed by atoms with Crippen molar-refractivity contribution in [2.45, 2.75) is 40.2 Å². The highest BCUT2D eigenvalue weighted by atomic mass is 16.2. The Balaban J connectivity index is 1.77. The third-order valence-electron chi connectivity index (χ3n) is 4.46. The van der Waals surface area contributed by atoms with E-state index in [2.05, 4.69) is 22.8 Å². The van der Waals surface area contributed by atoms with E-state index < -0.39 is 0 Å². The van der Waals surface area contributed by atoms with Crippen molar-refractivity contribution >= 4 is 11.9 Å². The van der Waals surface area contributed by atoms with Gasteiger partial charge < -0.3 is 15.5 Å². The summed E-state index contributed by atoms with van der Waals surface area (Å²) in [5.74, 6) is 0.421. The van der Waals surface area contributed by atoms with E-state index in [0.717, 1.165) is 24.9 Å². The van der Waals surface area contributed by atoms with Gasteiger partial charge in [0.2, 0.25) is 5.91 Å². The van der Waals surface area contributed by atoms with Gasteiger partial charge in [0.1, 0.15) is 0 Å². The van der Waals surface area contributed by atoms with Crippen LogP contribution >= 0.6 is 0 Å². The van der Waals surface area contributed by atoms with E-state index in [9.17, 15) is 9.59 Å². The summed E-state index contributed by atoms with van der Waals surface area (Å²) >= 11 is 0. The summed E-state index contributed by atoms with van der Waals surface area (Å²) in [7, 11) is 0. The summed E-state index contributed by atoms with van der Waals surface area (Å²) < 4.78 is 0. The van der Waals surface area contributed by atoms with Gasteiger partial charge >= 0.3 is 6.03 Å². The zero-order valence-electron chi connectivity index (χ0n) is 15.0. The van der Waals surface area contributed by atoms with Crippen LogP contribution in [0.25, 0.3) is 0 Å². The zero-order chi connectivity index (χ0) is 17.5. The first-order valence-corrected chi connectivity index (χ1v) is 8.81. The first-order valence-electron chi connectivity index (χ1n) is 8.81. The van der Waals surface area contributed by atoms with Crippen LogP contribution in [0.1, 0.15) is 37.8 Å². The van der Waals surface area contributed by atoms with Gasteiger partial charge in [0.05, 0.1) is 0 Å². The van der Waals surface area contributed by atoms with Crippen molar-refractivity contribution in [2.75, 3.05) is 19.6 Å². The number of carbonyl (C=O) groups excluding carboxylic acids is 2. The Morgan fingerprint density at radius 1 is 1.21 bits per heavy atom. The number of aryl methyl sites for hydroxylation is 1. The second-order valence-electron chi connectivity index (χ2n) is 7.00. The minimum absolute atomic E-state index is 0.00232. The van der Waals surface area contributed by atoms with E-state index in [4.69, 9.17) is 0 Å². The summed E-state index contributed by atoms with van der Waals surface area (Å²) in [4.78, 5) is 25.9. The molecule has 1 heterocycles. The molecule has 5 heteroatoms. The van der Waals surface area contributed by atoms with Crippen molar-refractivity contribution in [1.82, 2.24) is 15.5 Å². The molecule has 132 valence electrons. The molecular formula is C19H29N3O2. The van der Waals surface area contributed by atoms with Crippen LogP contribution in [-0.4, -0.2) is 36.5 Å². The molecule has 24 heavy (non-hydrogen) atoms. The maximum Gasteiger partial charge on any atom is 0.317 e. The number of rotatable bonds is 5. The van der Waals surface area contributed by atoms with Crippen LogP contribution in [0.4, 0.5) is 4.79 Å². The highest BCUT2D eigenvalue weighted by Gasteiger charge is 2.24. The Labute approximate surface area is 144 Å². The van der Waals surface area contributed by atoms with Crippen LogP contribution in [0.5, 0.6) is 0 Å². The molecule has 0 spiro atoms. The SMILES string of the molecule is Cc1ccc(CNC(=O)N2CCC[C@@H](CNC(=O)C(C)C)C2)cc1. The molecule has 1 aromatic rings. The van der Waals surface area contributed by atoms with E-state index in [-0.39, 0.29) is 17.9 Å². The third-order valence-corrected chi connectivity index (χ3v) is 4.46. The minimum atomic E-state index is -0.0181. The first-order chi connectivity index (χ1) is 11.5. The number of nitrogens with zero attached hydrogens (tertiary/aromatic N) is 1. The lowest BCUT2D eigenvalue weighted by Gasteiger charge is -2.33. The Morgan fingerprint density at radius 2 is 1.92 bits per heavy atom. The largest absolute Gasteiger partial charge is 0.356 e. The van der Waals surface area contributed by atoms with Crippen molar-refractivity contribution in [3.63, 3.8) is 0 Å². The fraction of sp³-hybridized carbons (Fsp3) is 0.579. The maximum absolute atomic E-state index is 12.4. The average molecular weight is 331 g/mol. The zero-order valence-corrected chi connectivity index (χ0v) is 15.0. The molecule has 1 aliphatic heterocycles. The molecule has 2 rings (SSSR count). The predicted octanol–water partition coefficient (Wildman–Crippen LogP) is 2.69. The Hall–Kier alpha value is -2.04. The molecule has 2 N–H and O–H groups in total. The van der Waals surface area contributed by atoms with Crippen molar-refractivity contribution < 1.29 is 9.59 Å². The molecule has 1 aromatic carbocycles. The summed E-state index contributed by atoms with van der Waals surface area (Å²) in [6.45, 7) is 8.52. The van der Waals surface area contributed by atoms with Gasteiger partial charge in [-0.1, -0.05) is 43.7 Å². The van der Waals surface area contributed by atoms with Crippen molar-refractivity contribution in [3.05, 3.63) is 35.4 Å². The van der Waals surface area contributed by atoms with E-state index >= 15 is 0 Å². The van der Waals surface area contributed by atoms with Gasteiger partial charge in [-0.2, -0.15) is 0 Å². The van der Waals surface area contributed by atoms with Crippen LogP contribution < -0.4 is 10.6 Å². The monoisotopic (exact) mass is 331 g/mol. The van der Waals surface area contributed by atoms with Gasteiger partial charge in [-0.15, -0.1) is 0 Å². The van der Waals surface area contributed by atoms with Crippen molar-refractivity contribution in [2.24, 2.45) is 11.8 Å². The molecule has 1 aliphatic rings. The standard InChI is InChI=1S/C19H29N3O2/c1-14(2)18(23)20-12-17-5-4-10-22(13-17)19(24)21-11-16-8-6-15(3)7-9-16/h6-9,14,17H,4-5,10-13H2,1-3H3,(H,20,23)(H,21,24)/t17-/m0/s1.